The molecule has 0 fully saturated rings. The second-order valence-corrected chi connectivity index (χ2v) is 2.17. The molecule has 0 rings (SSSR count). The summed E-state index contributed by atoms with van der Waals surface area (Å²) in [6, 6.07) is 0. The first kappa shape index (κ1) is 9.30. The molecule has 0 saturated heterocycles. The van der Waals surface area contributed by atoms with Crippen molar-refractivity contribution < 1.29 is 14.7 Å². The van der Waals surface area contributed by atoms with Crippen LogP contribution in [0.2, 0.25) is 0 Å². The van der Waals surface area contributed by atoms with E-state index in [1.54, 1.807) is 6.92 Å². The van der Waals surface area contributed by atoms with E-state index in [2.05, 4.69) is 0 Å². The van der Waals surface area contributed by atoms with E-state index in [0.29, 0.717) is 6.42 Å². The highest BCUT2D eigenvalue weighted by Gasteiger charge is 2.17. The molecule has 1 unspecified atom stereocenters. The fraction of sp³-hybridized carbons (Fsp3) is 0.714. The molecule has 0 aromatic carbocycles. The number of hydrogen-bond acceptors (Lipinski definition) is 3. The molecule has 1 N–H and O–H groups in total. The molecule has 0 aliphatic heterocycles. The maximum absolute atomic E-state index is 10.8. The van der Waals surface area contributed by atoms with Crippen LogP contribution in [0.5, 0.6) is 0 Å². The number of ketones is 2. The van der Waals surface area contributed by atoms with Gasteiger partial charge < -0.3 is 5.11 Å². The Labute approximate surface area is 60.0 Å². The summed E-state index contributed by atoms with van der Waals surface area (Å²) in [5.74, 6) is -1.14. The van der Waals surface area contributed by atoms with Gasteiger partial charge in [-0.3, -0.25) is 9.59 Å². The maximum Gasteiger partial charge on any atom is 0.168 e. The monoisotopic (exact) mass is 144 g/mol. The van der Waals surface area contributed by atoms with Gasteiger partial charge in [-0.25, -0.2) is 0 Å². The Morgan fingerprint density at radius 1 is 1.40 bits per heavy atom. The van der Waals surface area contributed by atoms with Crippen molar-refractivity contribution in [2.45, 2.75) is 20.3 Å². The Balaban J connectivity index is 3.94. The van der Waals surface area contributed by atoms with Gasteiger partial charge >= 0.3 is 0 Å². The smallest absolute Gasteiger partial charge is 0.168 e. The topological polar surface area (TPSA) is 54.4 Å². The van der Waals surface area contributed by atoms with Gasteiger partial charge in [-0.2, -0.15) is 0 Å². The minimum atomic E-state index is -0.630. The largest absolute Gasteiger partial charge is 0.389 e. The summed E-state index contributed by atoms with van der Waals surface area (Å²) in [6.45, 7) is 2.68. The van der Waals surface area contributed by atoms with Crippen LogP contribution in [0.25, 0.3) is 0 Å². The third-order valence-corrected chi connectivity index (χ3v) is 1.47. The van der Waals surface area contributed by atoms with E-state index in [0.717, 1.165) is 0 Å². The molecular formula is C7H12O3. The Bertz CT molecular complexity index is 124. The molecule has 0 bridgehead atoms. The van der Waals surface area contributed by atoms with Crippen molar-refractivity contribution in [3.63, 3.8) is 0 Å². The zero-order chi connectivity index (χ0) is 8.15. The van der Waals surface area contributed by atoms with Crippen LogP contribution in [0.15, 0.2) is 0 Å². The van der Waals surface area contributed by atoms with Crippen LogP contribution >= 0.6 is 0 Å². The fourth-order valence-electron chi connectivity index (χ4n) is 0.623. The van der Waals surface area contributed by atoms with Crippen molar-refractivity contribution >= 4 is 11.6 Å². The van der Waals surface area contributed by atoms with Gasteiger partial charge in [0.1, 0.15) is 12.4 Å². The highest BCUT2D eigenvalue weighted by molar-refractivity contribution is 6.02. The van der Waals surface area contributed by atoms with Crippen LogP contribution in [0, 0.1) is 5.92 Å². The molecule has 0 aliphatic rings. The third-order valence-electron chi connectivity index (χ3n) is 1.47. The normalized spacial score (nSPS) is 12.7. The number of carbonyl (C=O) groups excluding carboxylic acids is 2. The van der Waals surface area contributed by atoms with E-state index in [1.807, 2.05) is 0 Å². The molecule has 0 aromatic heterocycles. The molecule has 0 radical (unpaired) electrons. The van der Waals surface area contributed by atoms with Crippen LogP contribution in [0.3, 0.4) is 0 Å². The standard InChI is InChI=1S/C7H12O3/c1-3-6(9)5(2)7(10)4-8/h5,8H,3-4H2,1-2H3. The van der Waals surface area contributed by atoms with Gasteiger partial charge in [-0.1, -0.05) is 6.92 Å². The molecule has 3 heteroatoms. The van der Waals surface area contributed by atoms with Crippen molar-refractivity contribution in [3.05, 3.63) is 0 Å². The third kappa shape index (κ3) is 2.27. The Morgan fingerprint density at radius 3 is 2.20 bits per heavy atom. The maximum atomic E-state index is 10.8. The van der Waals surface area contributed by atoms with Gasteiger partial charge in [-0.15, -0.1) is 0 Å². The van der Waals surface area contributed by atoms with Crippen LogP contribution in [-0.2, 0) is 9.59 Å². The van der Waals surface area contributed by atoms with E-state index in [1.165, 1.54) is 6.92 Å². The van der Waals surface area contributed by atoms with E-state index in [9.17, 15) is 9.59 Å². The van der Waals surface area contributed by atoms with Crippen LogP contribution in [0.4, 0.5) is 0 Å². The Kier molecular flexibility index (Phi) is 3.88. The minimum Gasteiger partial charge on any atom is -0.389 e. The van der Waals surface area contributed by atoms with E-state index < -0.39 is 18.3 Å². The van der Waals surface area contributed by atoms with Gasteiger partial charge in [0.15, 0.2) is 5.78 Å². The predicted molar refractivity (Wildman–Crippen MR) is 36.6 cm³/mol. The van der Waals surface area contributed by atoms with Crippen molar-refractivity contribution in [3.8, 4) is 0 Å². The van der Waals surface area contributed by atoms with Gasteiger partial charge in [0.25, 0.3) is 0 Å². The Morgan fingerprint density at radius 2 is 1.90 bits per heavy atom. The molecule has 0 spiro atoms. The first-order chi connectivity index (χ1) is 4.63. The first-order valence-electron chi connectivity index (χ1n) is 3.29. The number of rotatable bonds is 4. The summed E-state index contributed by atoms with van der Waals surface area (Å²) in [7, 11) is 0. The number of hydrogen-bond donors (Lipinski definition) is 1. The molecule has 0 heterocycles. The lowest BCUT2D eigenvalue weighted by Gasteiger charge is -2.03. The SMILES string of the molecule is CCC(=O)C(C)C(=O)CO. The van der Waals surface area contributed by atoms with E-state index in [-0.39, 0.29) is 5.78 Å². The van der Waals surface area contributed by atoms with Gasteiger partial charge in [-0.05, 0) is 6.92 Å². The van der Waals surface area contributed by atoms with Gasteiger partial charge in [0.2, 0.25) is 0 Å². The molecule has 0 saturated carbocycles. The lowest BCUT2D eigenvalue weighted by Crippen LogP contribution is -2.22. The lowest BCUT2D eigenvalue weighted by molar-refractivity contribution is -0.133. The molecule has 3 nitrogen and oxygen atoms in total. The van der Waals surface area contributed by atoms with E-state index >= 15 is 0 Å². The fourth-order valence-corrected chi connectivity index (χ4v) is 0.623. The summed E-state index contributed by atoms with van der Waals surface area (Å²) in [6.07, 6.45) is 0.354. The van der Waals surface area contributed by atoms with Gasteiger partial charge in [0.05, 0.1) is 5.92 Å². The summed E-state index contributed by atoms with van der Waals surface area (Å²) >= 11 is 0. The molecule has 1 atom stereocenters. The van der Waals surface area contributed by atoms with Crippen molar-refractivity contribution in [2.75, 3.05) is 6.61 Å². The number of Topliss-reactive ketones (excluding diaryl/α,β-unsaturated/α-hetero) is 2. The zero-order valence-corrected chi connectivity index (χ0v) is 6.26. The minimum absolute atomic E-state index is 0.112. The van der Waals surface area contributed by atoms with Crippen molar-refractivity contribution in [2.24, 2.45) is 5.92 Å². The second-order valence-electron chi connectivity index (χ2n) is 2.17. The summed E-state index contributed by atoms with van der Waals surface area (Å²) < 4.78 is 0. The molecule has 0 amide bonds. The molecule has 10 heavy (non-hydrogen) atoms. The lowest BCUT2D eigenvalue weighted by atomic mass is 10.0. The first-order valence-corrected chi connectivity index (χ1v) is 3.29. The average Bonchev–Trinajstić information content (AvgIpc) is 2.00. The zero-order valence-electron chi connectivity index (χ0n) is 6.26. The van der Waals surface area contributed by atoms with Crippen LogP contribution < -0.4 is 0 Å². The number of carbonyl (C=O) groups is 2. The summed E-state index contributed by atoms with van der Waals surface area (Å²) in [4.78, 5) is 21.4. The summed E-state index contributed by atoms with van der Waals surface area (Å²) in [5.41, 5.74) is 0. The Hall–Kier alpha value is -0.700. The number of aliphatic hydroxyl groups excluding tert-OH is 1. The highest BCUT2D eigenvalue weighted by atomic mass is 16.3. The van der Waals surface area contributed by atoms with Crippen LogP contribution in [0.1, 0.15) is 20.3 Å². The second kappa shape index (κ2) is 4.17. The molecule has 0 aliphatic carbocycles. The number of aliphatic hydroxyl groups is 1. The van der Waals surface area contributed by atoms with E-state index in [4.69, 9.17) is 5.11 Å². The van der Waals surface area contributed by atoms with Crippen LogP contribution in [-0.4, -0.2) is 23.3 Å². The van der Waals surface area contributed by atoms with Gasteiger partial charge in [0, 0.05) is 6.42 Å². The predicted octanol–water partition coefficient (Wildman–Crippen LogP) is 0.163. The molecule has 0 aromatic rings. The highest BCUT2D eigenvalue weighted by Crippen LogP contribution is 2.00. The molecule has 58 valence electrons. The van der Waals surface area contributed by atoms with Crippen molar-refractivity contribution in [1.29, 1.82) is 0 Å². The molecular weight excluding hydrogens is 132 g/mol. The van der Waals surface area contributed by atoms with Crippen molar-refractivity contribution in [1.82, 2.24) is 0 Å². The average molecular weight is 144 g/mol. The quantitative estimate of drug-likeness (QED) is 0.572. The summed E-state index contributed by atoms with van der Waals surface area (Å²) in [5, 5.41) is 8.35.